The highest BCUT2D eigenvalue weighted by Crippen LogP contribution is 2.23. The van der Waals surface area contributed by atoms with E-state index in [1.54, 1.807) is 11.8 Å². The molecule has 23 heavy (non-hydrogen) atoms. The predicted molar refractivity (Wildman–Crippen MR) is 92.3 cm³/mol. The number of carbonyl (C=O) groups excluding carboxylic acids is 1. The van der Waals surface area contributed by atoms with E-state index in [0.29, 0.717) is 12.3 Å². The second-order valence-electron chi connectivity index (χ2n) is 4.84. The summed E-state index contributed by atoms with van der Waals surface area (Å²) >= 11 is 7.34. The first kappa shape index (κ1) is 17.3. The lowest BCUT2D eigenvalue weighted by Crippen LogP contribution is -2.26. The third-order valence-electron chi connectivity index (χ3n) is 3.08. The van der Waals surface area contributed by atoms with E-state index < -0.39 is 10.8 Å². The van der Waals surface area contributed by atoms with Gasteiger partial charge in [0.05, 0.1) is 4.92 Å². The summed E-state index contributed by atoms with van der Waals surface area (Å²) in [4.78, 5) is 23.6. The van der Waals surface area contributed by atoms with Gasteiger partial charge in [-0.15, -0.1) is 11.8 Å². The molecule has 0 radical (unpaired) electrons. The van der Waals surface area contributed by atoms with Gasteiger partial charge in [0.2, 0.25) is 0 Å². The summed E-state index contributed by atoms with van der Waals surface area (Å²) in [5, 5.41) is 13.9. The SMILES string of the molecule is Cc1ccc(SCCNC(=O)c2ccc(Cl)cc2[N+](=O)[O-])cc1. The molecule has 0 aliphatic rings. The molecule has 0 bridgehead atoms. The maximum absolute atomic E-state index is 12.1. The zero-order chi connectivity index (χ0) is 16.8. The molecule has 0 atom stereocenters. The summed E-state index contributed by atoms with van der Waals surface area (Å²) in [6.07, 6.45) is 0. The summed E-state index contributed by atoms with van der Waals surface area (Å²) in [6, 6.07) is 12.1. The first-order valence-corrected chi connectivity index (χ1v) is 8.25. The van der Waals surface area contributed by atoms with E-state index in [1.807, 2.05) is 31.2 Å². The summed E-state index contributed by atoms with van der Waals surface area (Å²) < 4.78 is 0. The van der Waals surface area contributed by atoms with Crippen LogP contribution in [-0.2, 0) is 0 Å². The molecule has 2 aromatic carbocycles. The Labute approximate surface area is 143 Å². The number of nitro benzene ring substituents is 1. The van der Waals surface area contributed by atoms with Crippen molar-refractivity contribution in [2.24, 2.45) is 0 Å². The number of hydrogen-bond donors (Lipinski definition) is 1. The van der Waals surface area contributed by atoms with Gasteiger partial charge in [0.25, 0.3) is 11.6 Å². The lowest BCUT2D eigenvalue weighted by Gasteiger charge is -2.06. The normalized spacial score (nSPS) is 10.3. The van der Waals surface area contributed by atoms with Gasteiger partial charge in [-0.1, -0.05) is 29.3 Å². The summed E-state index contributed by atoms with van der Waals surface area (Å²) in [5.74, 6) is 0.203. The van der Waals surface area contributed by atoms with Crippen LogP contribution in [0.3, 0.4) is 0 Å². The number of carbonyl (C=O) groups is 1. The van der Waals surface area contributed by atoms with Crippen LogP contribution in [0, 0.1) is 17.0 Å². The number of nitro groups is 1. The number of rotatable bonds is 6. The minimum Gasteiger partial charge on any atom is -0.351 e. The van der Waals surface area contributed by atoms with Crippen molar-refractivity contribution in [2.75, 3.05) is 12.3 Å². The molecule has 5 nitrogen and oxygen atoms in total. The molecule has 0 unspecified atom stereocenters. The number of amides is 1. The molecule has 120 valence electrons. The van der Waals surface area contributed by atoms with E-state index >= 15 is 0 Å². The minimum absolute atomic E-state index is 0.0136. The Morgan fingerprint density at radius 3 is 2.61 bits per heavy atom. The highest BCUT2D eigenvalue weighted by molar-refractivity contribution is 7.99. The van der Waals surface area contributed by atoms with E-state index in [-0.39, 0.29) is 16.3 Å². The fourth-order valence-corrected chi connectivity index (χ4v) is 2.85. The van der Waals surface area contributed by atoms with Gasteiger partial charge < -0.3 is 5.32 Å². The van der Waals surface area contributed by atoms with Crippen LogP contribution >= 0.6 is 23.4 Å². The van der Waals surface area contributed by atoms with Gasteiger partial charge in [-0.25, -0.2) is 0 Å². The van der Waals surface area contributed by atoms with Crippen molar-refractivity contribution in [1.29, 1.82) is 0 Å². The standard InChI is InChI=1S/C16H15ClN2O3S/c1-11-2-5-13(6-3-11)23-9-8-18-16(20)14-7-4-12(17)10-15(14)19(21)22/h2-7,10H,8-9H2,1H3,(H,18,20). The molecule has 1 amide bonds. The van der Waals surface area contributed by atoms with Crippen LogP contribution in [0.1, 0.15) is 15.9 Å². The Kier molecular flexibility index (Phi) is 6.01. The molecule has 1 N–H and O–H groups in total. The molecule has 0 aromatic heterocycles. The van der Waals surface area contributed by atoms with Gasteiger partial charge in [0.1, 0.15) is 5.56 Å². The molecule has 2 aromatic rings. The minimum atomic E-state index is -0.609. The zero-order valence-electron chi connectivity index (χ0n) is 12.4. The topological polar surface area (TPSA) is 72.2 Å². The summed E-state index contributed by atoms with van der Waals surface area (Å²) in [7, 11) is 0. The Hall–Kier alpha value is -2.05. The van der Waals surface area contributed by atoms with E-state index in [0.717, 1.165) is 4.90 Å². The largest absolute Gasteiger partial charge is 0.351 e. The summed E-state index contributed by atoms with van der Waals surface area (Å²) in [6.45, 7) is 2.44. The zero-order valence-corrected chi connectivity index (χ0v) is 14.0. The Balaban J connectivity index is 1.90. The molecule has 0 fully saturated rings. The number of halogens is 1. The molecule has 0 saturated carbocycles. The summed E-state index contributed by atoms with van der Waals surface area (Å²) in [5.41, 5.74) is 0.915. The first-order chi connectivity index (χ1) is 11.0. The van der Waals surface area contributed by atoms with Crippen molar-refractivity contribution >= 4 is 35.0 Å². The number of nitrogens with zero attached hydrogens (tertiary/aromatic N) is 1. The fourth-order valence-electron chi connectivity index (χ4n) is 1.91. The van der Waals surface area contributed by atoms with E-state index in [4.69, 9.17) is 11.6 Å². The van der Waals surface area contributed by atoms with Crippen molar-refractivity contribution < 1.29 is 9.72 Å². The number of hydrogen-bond acceptors (Lipinski definition) is 4. The van der Waals surface area contributed by atoms with Crippen LogP contribution in [0.15, 0.2) is 47.4 Å². The van der Waals surface area contributed by atoms with Crippen molar-refractivity contribution in [3.8, 4) is 0 Å². The monoisotopic (exact) mass is 350 g/mol. The third kappa shape index (κ3) is 4.97. The molecular weight excluding hydrogens is 336 g/mol. The van der Waals surface area contributed by atoms with Crippen LogP contribution in [0.5, 0.6) is 0 Å². The number of benzene rings is 2. The van der Waals surface area contributed by atoms with Gasteiger partial charge >= 0.3 is 0 Å². The molecule has 0 saturated heterocycles. The second kappa shape index (κ2) is 7.99. The van der Waals surface area contributed by atoms with E-state index in [2.05, 4.69) is 5.32 Å². The molecule has 7 heteroatoms. The number of nitrogens with one attached hydrogen (secondary N) is 1. The lowest BCUT2D eigenvalue weighted by atomic mass is 10.1. The molecular formula is C16H15ClN2O3S. The van der Waals surface area contributed by atoms with Gasteiger partial charge in [0, 0.05) is 28.3 Å². The van der Waals surface area contributed by atoms with Gasteiger partial charge in [-0.05, 0) is 31.2 Å². The number of thioether (sulfide) groups is 1. The highest BCUT2D eigenvalue weighted by Gasteiger charge is 2.20. The van der Waals surface area contributed by atoms with Gasteiger partial charge in [-0.2, -0.15) is 0 Å². The van der Waals surface area contributed by atoms with Crippen molar-refractivity contribution in [3.05, 3.63) is 68.7 Å². The maximum Gasteiger partial charge on any atom is 0.283 e. The average molecular weight is 351 g/mol. The van der Waals surface area contributed by atoms with Crippen LogP contribution in [0.2, 0.25) is 5.02 Å². The number of aryl methyl sites for hydroxylation is 1. The third-order valence-corrected chi connectivity index (χ3v) is 4.33. The van der Waals surface area contributed by atoms with Crippen molar-refractivity contribution in [3.63, 3.8) is 0 Å². The quantitative estimate of drug-likeness (QED) is 0.369. The predicted octanol–water partition coefficient (Wildman–Crippen LogP) is 4.08. The Morgan fingerprint density at radius 1 is 1.26 bits per heavy atom. The maximum atomic E-state index is 12.1. The van der Waals surface area contributed by atoms with Crippen LogP contribution < -0.4 is 5.32 Å². The molecule has 0 aliphatic carbocycles. The Morgan fingerprint density at radius 2 is 1.96 bits per heavy atom. The van der Waals surface area contributed by atoms with Crippen LogP contribution in [0.4, 0.5) is 5.69 Å². The van der Waals surface area contributed by atoms with E-state index in [9.17, 15) is 14.9 Å². The molecule has 0 heterocycles. The Bertz CT molecular complexity index is 720. The second-order valence-corrected chi connectivity index (χ2v) is 6.44. The smallest absolute Gasteiger partial charge is 0.283 e. The molecule has 2 rings (SSSR count). The highest BCUT2D eigenvalue weighted by atomic mass is 35.5. The van der Waals surface area contributed by atoms with Crippen molar-refractivity contribution in [1.82, 2.24) is 5.32 Å². The average Bonchev–Trinajstić information content (AvgIpc) is 2.53. The van der Waals surface area contributed by atoms with E-state index in [1.165, 1.54) is 23.8 Å². The van der Waals surface area contributed by atoms with Crippen LogP contribution in [0.25, 0.3) is 0 Å². The lowest BCUT2D eigenvalue weighted by molar-refractivity contribution is -0.385. The first-order valence-electron chi connectivity index (χ1n) is 6.89. The fraction of sp³-hybridized carbons (Fsp3) is 0.188. The van der Waals surface area contributed by atoms with Crippen molar-refractivity contribution in [2.45, 2.75) is 11.8 Å². The van der Waals surface area contributed by atoms with Gasteiger partial charge in [0.15, 0.2) is 0 Å². The van der Waals surface area contributed by atoms with Crippen LogP contribution in [-0.4, -0.2) is 23.1 Å². The molecule has 0 spiro atoms. The van der Waals surface area contributed by atoms with Gasteiger partial charge in [-0.3, -0.25) is 14.9 Å². The molecule has 0 aliphatic heterocycles.